The van der Waals surface area contributed by atoms with Crippen LogP contribution in [0.25, 0.3) is 0 Å². The molecule has 0 bridgehead atoms. The van der Waals surface area contributed by atoms with Gasteiger partial charge < -0.3 is 15.5 Å². The predicted molar refractivity (Wildman–Crippen MR) is 70.6 cm³/mol. The van der Waals surface area contributed by atoms with Crippen LogP contribution in [0.5, 0.6) is 0 Å². The van der Waals surface area contributed by atoms with E-state index < -0.39 is 5.54 Å². The van der Waals surface area contributed by atoms with Crippen LogP contribution in [0.4, 0.5) is 0 Å². The first kappa shape index (κ1) is 14.4. The molecule has 1 heterocycles. The Kier molecular flexibility index (Phi) is 5.38. The first-order valence-corrected chi connectivity index (χ1v) is 6.53. The quantitative estimate of drug-likeness (QED) is 0.777. The zero-order chi connectivity index (χ0) is 12.9. The number of hydrogen-bond donors (Lipinski definition) is 1. The fourth-order valence-corrected chi connectivity index (χ4v) is 2.38. The Hall–Kier alpha value is -0.630. The second-order valence-corrected chi connectivity index (χ2v) is 5.69. The van der Waals surface area contributed by atoms with Gasteiger partial charge in [-0.1, -0.05) is 0 Å². The van der Waals surface area contributed by atoms with E-state index in [0.29, 0.717) is 6.04 Å². The number of rotatable bonds is 5. The summed E-state index contributed by atoms with van der Waals surface area (Å²) in [5.41, 5.74) is 5.16. The van der Waals surface area contributed by atoms with Crippen molar-refractivity contribution >= 4 is 0 Å². The molecule has 0 radical (unpaired) electrons. The Labute approximate surface area is 105 Å². The van der Waals surface area contributed by atoms with Crippen LogP contribution in [0, 0.1) is 11.3 Å². The van der Waals surface area contributed by atoms with Crippen LogP contribution in [0.2, 0.25) is 0 Å². The van der Waals surface area contributed by atoms with E-state index in [9.17, 15) is 0 Å². The van der Waals surface area contributed by atoms with Crippen molar-refractivity contribution in [3.63, 3.8) is 0 Å². The lowest BCUT2D eigenvalue weighted by Crippen LogP contribution is -2.45. The topological polar surface area (TPSA) is 56.3 Å². The Morgan fingerprint density at radius 3 is 2.82 bits per heavy atom. The van der Waals surface area contributed by atoms with Gasteiger partial charge in [0, 0.05) is 12.6 Å². The van der Waals surface area contributed by atoms with Crippen LogP contribution in [-0.2, 0) is 0 Å². The highest BCUT2D eigenvalue weighted by atomic mass is 15.2. The fourth-order valence-electron chi connectivity index (χ4n) is 2.38. The number of piperidine rings is 1. The van der Waals surface area contributed by atoms with Gasteiger partial charge in [0.05, 0.1) is 6.07 Å². The maximum Gasteiger partial charge on any atom is 0.101 e. The summed E-state index contributed by atoms with van der Waals surface area (Å²) in [7, 11) is 4.31. The Balaban J connectivity index is 2.26. The van der Waals surface area contributed by atoms with E-state index in [1.54, 1.807) is 0 Å². The van der Waals surface area contributed by atoms with Gasteiger partial charge in [-0.25, -0.2) is 0 Å². The Bertz CT molecular complexity index is 267. The van der Waals surface area contributed by atoms with E-state index in [4.69, 9.17) is 11.0 Å². The number of hydrogen-bond acceptors (Lipinski definition) is 4. The van der Waals surface area contributed by atoms with Crippen LogP contribution >= 0.6 is 0 Å². The third-order valence-electron chi connectivity index (χ3n) is 3.64. The summed E-state index contributed by atoms with van der Waals surface area (Å²) >= 11 is 0. The fraction of sp³-hybridized carbons (Fsp3) is 0.923. The molecule has 1 aliphatic heterocycles. The number of likely N-dealkylation sites (tertiary alicyclic amines) is 1. The van der Waals surface area contributed by atoms with Crippen LogP contribution in [0.15, 0.2) is 0 Å². The van der Waals surface area contributed by atoms with Gasteiger partial charge >= 0.3 is 0 Å². The van der Waals surface area contributed by atoms with Crippen LogP contribution < -0.4 is 5.73 Å². The molecule has 0 amide bonds. The van der Waals surface area contributed by atoms with Crippen LogP contribution in [-0.4, -0.2) is 55.1 Å². The van der Waals surface area contributed by atoms with Gasteiger partial charge in [-0.2, -0.15) is 5.26 Å². The van der Waals surface area contributed by atoms with Crippen molar-refractivity contribution < 1.29 is 0 Å². The summed E-state index contributed by atoms with van der Waals surface area (Å²) in [6, 6.07) is 2.84. The molecule has 1 rings (SSSR count). The minimum absolute atomic E-state index is 0.656. The van der Waals surface area contributed by atoms with Gasteiger partial charge in [-0.05, 0) is 59.8 Å². The van der Waals surface area contributed by atoms with Crippen molar-refractivity contribution in [3.05, 3.63) is 0 Å². The number of nitriles is 1. The number of nitrogens with zero attached hydrogens (tertiary/aromatic N) is 3. The molecule has 2 N–H and O–H groups in total. The van der Waals surface area contributed by atoms with Crippen molar-refractivity contribution in [2.24, 2.45) is 5.73 Å². The highest BCUT2D eigenvalue weighted by Gasteiger charge is 2.22. The van der Waals surface area contributed by atoms with Gasteiger partial charge in [-0.15, -0.1) is 0 Å². The molecule has 0 aromatic rings. The van der Waals surface area contributed by atoms with E-state index in [-0.39, 0.29) is 0 Å². The number of nitrogens with two attached hydrogens (primary N) is 1. The monoisotopic (exact) mass is 238 g/mol. The van der Waals surface area contributed by atoms with E-state index >= 15 is 0 Å². The molecule has 1 saturated heterocycles. The molecule has 0 aromatic heterocycles. The second-order valence-electron chi connectivity index (χ2n) is 5.69. The Morgan fingerprint density at radius 2 is 2.24 bits per heavy atom. The molecule has 2 atom stereocenters. The lowest BCUT2D eigenvalue weighted by molar-refractivity contribution is 0.130. The molecule has 2 unspecified atom stereocenters. The first-order valence-electron chi connectivity index (χ1n) is 6.53. The molecule has 1 aliphatic rings. The standard InChI is InChI=1S/C13H26N4/c1-13(15,11-14)7-5-9-17-8-4-6-12(10-17)16(2)3/h12H,4-10,15H2,1-3H3. The average Bonchev–Trinajstić information content (AvgIpc) is 2.29. The van der Waals surface area contributed by atoms with E-state index in [2.05, 4.69) is 30.0 Å². The summed E-state index contributed by atoms with van der Waals surface area (Å²) in [6.45, 7) is 5.23. The maximum absolute atomic E-state index is 8.85. The average molecular weight is 238 g/mol. The molecule has 4 nitrogen and oxygen atoms in total. The van der Waals surface area contributed by atoms with Crippen molar-refractivity contribution in [1.82, 2.24) is 9.80 Å². The van der Waals surface area contributed by atoms with Crippen molar-refractivity contribution in [2.75, 3.05) is 33.7 Å². The van der Waals surface area contributed by atoms with Crippen LogP contribution in [0.1, 0.15) is 32.6 Å². The lowest BCUT2D eigenvalue weighted by atomic mass is 9.98. The molecule has 0 aromatic carbocycles. The lowest BCUT2D eigenvalue weighted by Gasteiger charge is -2.36. The molecule has 98 valence electrons. The van der Waals surface area contributed by atoms with Gasteiger partial charge in [-0.3, -0.25) is 0 Å². The largest absolute Gasteiger partial charge is 0.314 e. The van der Waals surface area contributed by atoms with Gasteiger partial charge in [0.25, 0.3) is 0 Å². The van der Waals surface area contributed by atoms with E-state index in [1.807, 2.05) is 6.92 Å². The normalized spacial score (nSPS) is 25.5. The van der Waals surface area contributed by atoms with Crippen molar-refractivity contribution in [3.8, 4) is 6.07 Å². The summed E-state index contributed by atoms with van der Waals surface area (Å²) in [4.78, 5) is 4.82. The molecule has 0 aliphatic carbocycles. The third-order valence-corrected chi connectivity index (χ3v) is 3.64. The van der Waals surface area contributed by atoms with Gasteiger partial charge in [0.2, 0.25) is 0 Å². The predicted octanol–water partition coefficient (Wildman–Crippen LogP) is 1.03. The zero-order valence-corrected chi connectivity index (χ0v) is 11.4. The summed E-state index contributed by atoms with van der Waals surface area (Å²) in [5, 5.41) is 8.85. The van der Waals surface area contributed by atoms with E-state index in [1.165, 1.54) is 19.4 Å². The highest BCUT2D eigenvalue weighted by Crippen LogP contribution is 2.15. The molecule has 4 heteroatoms. The zero-order valence-electron chi connectivity index (χ0n) is 11.4. The summed E-state index contributed by atoms with van der Waals surface area (Å²) in [5.74, 6) is 0. The minimum Gasteiger partial charge on any atom is -0.314 e. The van der Waals surface area contributed by atoms with Gasteiger partial charge in [0.1, 0.15) is 5.54 Å². The Morgan fingerprint density at radius 1 is 1.53 bits per heavy atom. The molecular formula is C13H26N4. The van der Waals surface area contributed by atoms with E-state index in [0.717, 1.165) is 25.9 Å². The highest BCUT2D eigenvalue weighted by molar-refractivity contribution is 5.00. The summed E-state index contributed by atoms with van der Waals surface area (Å²) in [6.07, 6.45) is 4.38. The SMILES string of the molecule is CN(C)C1CCCN(CCCC(C)(N)C#N)C1. The minimum atomic E-state index is -0.656. The smallest absolute Gasteiger partial charge is 0.101 e. The molecular weight excluding hydrogens is 212 g/mol. The summed E-state index contributed by atoms with van der Waals surface area (Å²) < 4.78 is 0. The first-order chi connectivity index (χ1) is 7.94. The number of likely N-dealkylation sites (N-methyl/N-ethyl adjacent to an activating group) is 1. The van der Waals surface area contributed by atoms with Crippen molar-refractivity contribution in [2.45, 2.75) is 44.2 Å². The van der Waals surface area contributed by atoms with Crippen molar-refractivity contribution in [1.29, 1.82) is 5.26 Å². The van der Waals surface area contributed by atoms with Gasteiger partial charge in [0.15, 0.2) is 0 Å². The molecule has 1 fully saturated rings. The molecule has 0 spiro atoms. The molecule has 17 heavy (non-hydrogen) atoms. The third kappa shape index (κ3) is 5.03. The van der Waals surface area contributed by atoms with Crippen LogP contribution in [0.3, 0.4) is 0 Å². The molecule has 0 saturated carbocycles. The maximum atomic E-state index is 8.85. The second kappa shape index (κ2) is 6.34.